The summed E-state index contributed by atoms with van der Waals surface area (Å²) < 4.78 is 24.0. The van der Waals surface area contributed by atoms with E-state index in [2.05, 4.69) is 26.2 Å². The van der Waals surface area contributed by atoms with Crippen LogP contribution in [-0.4, -0.2) is 29.0 Å². The van der Waals surface area contributed by atoms with Gasteiger partial charge in [-0.25, -0.2) is 18.6 Å². The first-order chi connectivity index (χ1) is 7.00. The van der Waals surface area contributed by atoms with Crippen LogP contribution in [0.4, 0.5) is 14.6 Å². The lowest BCUT2D eigenvalue weighted by Crippen LogP contribution is -2.12. The molecule has 2 N–H and O–H groups in total. The fourth-order valence-electron chi connectivity index (χ4n) is 0.881. The van der Waals surface area contributed by atoms with E-state index in [9.17, 15) is 13.6 Å². The lowest BCUT2D eigenvalue weighted by molar-refractivity contribution is 0.0696. The van der Waals surface area contributed by atoms with E-state index in [1.807, 2.05) is 0 Å². The van der Waals surface area contributed by atoms with Crippen molar-refractivity contribution in [1.29, 1.82) is 0 Å². The number of nitrogens with zero attached hydrogens (tertiary/aromatic N) is 1. The Morgan fingerprint density at radius 3 is 2.87 bits per heavy atom. The van der Waals surface area contributed by atoms with Crippen LogP contribution in [0.3, 0.4) is 0 Å². The van der Waals surface area contributed by atoms with E-state index >= 15 is 0 Å². The number of alkyl halides is 2. The van der Waals surface area contributed by atoms with Crippen molar-refractivity contribution in [2.75, 3.05) is 11.9 Å². The second-order valence-corrected chi connectivity index (χ2v) is 3.48. The zero-order chi connectivity index (χ0) is 11.4. The van der Waals surface area contributed by atoms with Crippen LogP contribution in [-0.2, 0) is 0 Å². The first-order valence-electron chi connectivity index (χ1n) is 3.91. The van der Waals surface area contributed by atoms with E-state index in [0.717, 1.165) is 0 Å². The van der Waals surface area contributed by atoms with Gasteiger partial charge in [-0.3, -0.25) is 0 Å². The van der Waals surface area contributed by atoms with Gasteiger partial charge >= 0.3 is 5.97 Å². The zero-order valence-electron chi connectivity index (χ0n) is 7.38. The average molecular weight is 281 g/mol. The molecule has 0 atom stereocenters. The first-order valence-corrected chi connectivity index (χ1v) is 4.71. The van der Waals surface area contributed by atoms with Crippen molar-refractivity contribution in [3.05, 3.63) is 22.3 Å². The molecule has 1 heterocycles. The number of hydrogen-bond donors (Lipinski definition) is 2. The van der Waals surface area contributed by atoms with Crippen LogP contribution in [0.15, 0.2) is 16.7 Å². The summed E-state index contributed by atoms with van der Waals surface area (Å²) >= 11 is 2.99. The zero-order valence-corrected chi connectivity index (χ0v) is 8.96. The average Bonchev–Trinajstić information content (AvgIpc) is 2.16. The molecule has 1 aromatic rings. The van der Waals surface area contributed by atoms with Gasteiger partial charge in [0.25, 0.3) is 6.43 Å². The molecule has 0 saturated carbocycles. The predicted octanol–water partition coefficient (Wildman–Crippen LogP) is 2.22. The standard InChI is InChI=1S/C8H7BrF2N2O2/c9-5-2-12-7(13-3-6(10)11)1-4(5)8(14)15/h1-2,6H,3H2,(H,12,13)(H,14,15). The molecule has 0 aliphatic rings. The molecule has 0 spiro atoms. The lowest BCUT2D eigenvalue weighted by Gasteiger charge is -2.06. The quantitative estimate of drug-likeness (QED) is 0.888. The summed E-state index contributed by atoms with van der Waals surface area (Å²) in [6.45, 7) is -0.562. The van der Waals surface area contributed by atoms with E-state index < -0.39 is 18.9 Å². The highest BCUT2D eigenvalue weighted by Gasteiger charge is 2.10. The molecule has 82 valence electrons. The molecule has 0 fully saturated rings. The number of pyridine rings is 1. The molecule has 4 nitrogen and oxygen atoms in total. The summed E-state index contributed by atoms with van der Waals surface area (Å²) in [7, 11) is 0. The predicted molar refractivity (Wildman–Crippen MR) is 53.4 cm³/mol. The van der Waals surface area contributed by atoms with Gasteiger partial charge in [0.15, 0.2) is 0 Å². The largest absolute Gasteiger partial charge is 0.478 e. The van der Waals surface area contributed by atoms with Gasteiger partial charge in [-0.1, -0.05) is 0 Å². The molecular formula is C8H7BrF2N2O2. The number of halogens is 3. The first kappa shape index (κ1) is 11.8. The van der Waals surface area contributed by atoms with Crippen molar-refractivity contribution in [1.82, 2.24) is 4.98 Å². The molecule has 0 bridgehead atoms. The van der Waals surface area contributed by atoms with E-state index in [0.29, 0.717) is 4.47 Å². The Morgan fingerprint density at radius 1 is 1.67 bits per heavy atom. The second kappa shape index (κ2) is 5.01. The van der Waals surface area contributed by atoms with Gasteiger partial charge in [-0.2, -0.15) is 0 Å². The summed E-state index contributed by atoms with van der Waals surface area (Å²) in [4.78, 5) is 14.4. The number of carboxylic acid groups (broad SMARTS) is 1. The van der Waals surface area contributed by atoms with Gasteiger partial charge < -0.3 is 10.4 Å². The minimum Gasteiger partial charge on any atom is -0.478 e. The Labute approximate surface area is 92.5 Å². The van der Waals surface area contributed by atoms with Crippen molar-refractivity contribution in [2.24, 2.45) is 0 Å². The van der Waals surface area contributed by atoms with Crippen LogP contribution in [0.25, 0.3) is 0 Å². The van der Waals surface area contributed by atoms with Crippen molar-refractivity contribution in [3.8, 4) is 0 Å². The minimum absolute atomic E-state index is 0.0261. The van der Waals surface area contributed by atoms with Gasteiger partial charge in [0, 0.05) is 6.20 Å². The maximum absolute atomic E-state index is 11.8. The molecule has 0 radical (unpaired) electrons. The summed E-state index contributed by atoms with van der Waals surface area (Å²) in [5.41, 5.74) is -0.0261. The molecule has 7 heteroatoms. The number of nitrogens with one attached hydrogen (secondary N) is 1. The number of anilines is 1. The van der Waals surface area contributed by atoms with Crippen molar-refractivity contribution in [3.63, 3.8) is 0 Å². The second-order valence-electron chi connectivity index (χ2n) is 2.63. The maximum Gasteiger partial charge on any atom is 0.337 e. The number of aromatic nitrogens is 1. The summed E-state index contributed by atoms with van der Waals surface area (Å²) in [6.07, 6.45) is -1.26. The molecule has 0 aromatic carbocycles. The molecule has 0 aliphatic carbocycles. The van der Waals surface area contributed by atoms with Gasteiger partial charge in [-0.05, 0) is 22.0 Å². The fourth-order valence-corrected chi connectivity index (χ4v) is 1.27. The molecule has 0 amide bonds. The van der Waals surface area contributed by atoms with E-state index in [-0.39, 0.29) is 11.4 Å². The minimum atomic E-state index is -2.51. The number of carbonyl (C=O) groups is 1. The van der Waals surface area contributed by atoms with Gasteiger partial charge in [-0.15, -0.1) is 0 Å². The van der Waals surface area contributed by atoms with Gasteiger partial charge in [0.2, 0.25) is 0 Å². The van der Waals surface area contributed by atoms with Gasteiger partial charge in [0.05, 0.1) is 16.6 Å². The van der Waals surface area contributed by atoms with Crippen LogP contribution >= 0.6 is 15.9 Å². The third kappa shape index (κ3) is 3.43. The van der Waals surface area contributed by atoms with Crippen LogP contribution in [0, 0.1) is 0 Å². The van der Waals surface area contributed by atoms with Crippen LogP contribution in [0.1, 0.15) is 10.4 Å². The molecule has 1 rings (SSSR count). The van der Waals surface area contributed by atoms with Crippen molar-refractivity contribution in [2.45, 2.75) is 6.43 Å². The topological polar surface area (TPSA) is 62.2 Å². The Hall–Kier alpha value is -1.24. The molecule has 1 aromatic heterocycles. The Morgan fingerprint density at radius 2 is 2.33 bits per heavy atom. The highest BCUT2D eigenvalue weighted by molar-refractivity contribution is 9.10. The molecular weight excluding hydrogens is 274 g/mol. The SMILES string of the molecule is O=C(O)c1cc(NCC(F)F)ncc1Br. The third-order valence-electron chi connectivity index (χ3n) is 1.52. The van der Waals surface area contributed by atoms with Crippen LogP contribution in [0.5, 0.6) is 0 Å². The Kier molecular flexibility index (Phi) is 3.96. The number of aromatic carboxylic acids is 1. The summed E-state index contributed by atoms with van der Waals surface area (Å²) in [5.74, 6) is -1.04. The van der Waals surface area contributed by atoms with E-state index in [1.165, 1.54) is 12.3 Å². The summed E-state index contributed by atoms with van der Waals surface area (Å²) in [5, 5.41) is 11.1. The molecule has 15 heavy (non-hydrogen) atoms. The normalized spacial score (nSPS) is 10.4. The van der Waals surface area contributed by atoms with E-state index in [1.54, 1.807) is 0 Å². The number of carboxylic acids is 1. The third-order valence-corrected chi connectivity index (χ3v) is 2.16. The molecule has 0 aliphatic heterocycles. The Balaban J connectivity index is 2.83. The fraction of sp³-hybridized carbons (Fsp3) is 0.250. The highest BCUT2D eigenvalue weighted by atomic mass is 79.9. The van der Waals surface area contributed by atoms with Gasteiger partial charge in [0.1, 0.15) is 5.82 Å². The number of rotatable bonds is 4. The number of hydrogen-bond acceptors (Lipinski definition) is 3. The highest BCUT2D eigenvalue weighted by Crippen LogP contribution is 2.18. The van der Waals surface area contributed by atoms with E-state index in [4.69, 9.17) is 5.11 Å². The monoisotopic (exact) mass is 280 g/mol. The Bertz CT molecular complexity index is 374. The molecule has 0 saturated heterocycles. The van der Waals surface area contributed by atoms with Crippen molar-refractivity contribution < 1.29 is 18.7 Å². The van der Waals surface area contributed by atoms with Crippen LogP contribution < -0.4 is 5.32 Å². The smallest absolute Gasteiger partial charge is 0.337 e. The van der Waals surface area contributed by atoms with Crippen molar-refractivity contribution >= 4 is 27.7 Å². The molecule has 0 unspecified atom stereocenters. The summed E-state index contributed by atoms with van der Waals surface area (Å²) in [6, 6.07) is 1.19. The maximum atomic E-state index is 11.8. The van der Waals surface area contributed by atoms with Crippen LogP contribution in [0.2, 0.25) is 0 Å². The lowest BCUT2D eigenvalue weighted by atomic mass is 10.2.